The molecule has 3 aliphatic rings. The van der Waals surface area contributed by atoms with Crippen molar-refractivity contribution in [2.75, 3.05) is 13.7 Å². The van der Waals surface area contributed by atoms with E-state index in [1.54, 1.807) is 29.5 Å². The number of hydrogen-bond acceptors (Lipinski definition) is 8. The summed E-state index contributed by atoms with van der Waals surface area (Å²) >= 11 is 1.54. The predicted octanol–water partition coefficient (Wildman–Crippen LogP) is 6.66. The van der Waals surface area contributed by atoms with Crippen molar-refractivity contribution >= 4 is 40.3 Å². The molecule has 3 aromatic rings. The monoisotopic (exact) mass is 642 g/mol. The van der Waals surface area contributed by atoms with E-state index in [-0.39, 0.29) is 29.8 Å². The zero-order chi connectivity index (χ0) is 32.7. The largest absolute Gasteiger partial charge is 0.496 e. The molecule has 2 saturated carbocycles. The average Bonchev–Trinajstić information content (AvgIpc) is 3.34. The number of benzene rings is 1. The van der Waals surface area contributed by atoms with Crippen LogP contribution in [0.2, 0.25) is 0 Å². The molecule has 2 aromatic heterocycles. The van der Waals surface area contributed by atoms with Crippen LogP contribution in [0.3, 0.4) is 0 Å². The highest BCUT2D eigenvalue weighted by atomic mass is 32.1. The molecule has 1 saturated heterocycles. The van der Waals surface area contributed by atoms with Gasteiger partial charge in [0.05, 0.1) is 30.2 Å². The summed E-state index contributed by atoms with van der Waals surface area (Å²) in [4.78, 5) is 50.7. The van der Waals surface area contributed by atoms with E-state index in [1.807, 2.05) is 31.2 Å². The molecule has 0 spiro atoms. The van der Waals surface area contributed by atoms with E-state index in [9.17, 15) is 14.4 Å². The van der Waals surface area contributed by atoms with Crippen LogP contribution in [-0.2, 0) is 14.4 Å². The first kappa shape index (κ1) is 31.9. The minimum atomic E-state index is -1.05. The van der Waals surface area contributed by atoms with Gasteiger partial charge in [-0.3, -0.25) is 14.6 Å². The molecule has 1 aromatic carbocycles. The van der Waals surface area contributed by atoms with Crippen molar-refractivity contribution in [3.8, 4) is 22.2 Å². The number of aldehydes is 1. The topological polar surface area (TPSA) is 102 Å². The van der Waals surface area contributed by atoms with Crippen LogP contribution in [0.5, 0.6) is 11.5 Å². The smallest absolute Gasteiger partial charge is 0.246 e. The summed E-state index contributed by atoms with van der Waals surface area (Å²) in [6.07, 6.45) is 7.64. The standard InChI is InChI=1S/C36H42N4O5S/c1-7-9-10-11-14-39-34(42)26-15-24(16-27(26)35(43)40(39)36(20-41)18-23(36)8-2)45-31-17-28(33-38-29(19-46-33)21(3)4)37-32-22(5)30(44-6)13-12-25(31)32/h7-8,12-13,17,19-21,23-24,26-27H,1-2,9-11,14-16,18H2,3-6H3/t23-,24+,26-,27-,36+/m1/s1. The summed E-state index contributed by atoms with van der Waals surface area (Å²) in [5.41, 5.74) is 2.30. The SMILES string of the molecule is C=CCCCCN1C(=O)[C@@H]2C[C@H](Oc3cc(-c4nc(C(C)C)cs4)nc4c(C)c(OC)ccc34)C[C@H]2C(=O)N1[C@]1(C=O)C[C@H]1C=C. The van der Waals surface area contributed by atoms with Gasteiger partial charge in [0.1, 0.15) is 40.1 Å². The van der Waals surface area contributed by atoms with Gasteiger partial charge in [0, 0.05) is 34.9 Å². The van der Waals surface area contributed by atoms with Crippen molar-refractivity contribution in [2.24, 2.45) is 17.8 Å². The lowest BCUT2D eigenvalue weighted by Crippen LogP contribution is -2.64. The fraction of sp³-hybridized carbons (Fsp3) is 0.472. The molecule has 10 heteroatoms. The number of hydrazine groups is 1. The number of rotatable bonds is 13. The van der Waals surface area contributed by atoms with E-state index in [0.717, 1.165) is 52.0 Å². The van der Waals surface area contributed by atoms with Gasteiger partial charge in [-0.05, 0) is 63.5 Å². The third-order valence-corrected chi connectivity index (χ3v) is 10.7. The Hall–Kier alpha value is -4.05. The van der Waals surface area contributed by atoms with Crippen LogP contribution in [0, 0.1) is 24.7 Å². The number of unbranched alkanes of at least 4 members (excludes halogenated alkanes) is 2. The van der Waals surface area contributed by atoms with Gasteiger partial charge in [0.2, 0.25) is 11.8 Å². The molecular weight excluding hydrogens is 600 g/mol. The molecule has 5 atom stereocenters. The summed E-state index contributed by atoms with van der Waals surface area (Å²) in [5, 5.41) is 6.72. The second-order valence-electron chi connectivity index (χ2n) is 13.0. The molecule has 0 radical (unpaired) electrons. The van der Waals surface area contributed by atoms with Crippen molar-refractivity contribution in [2.45, 2.75) is 76.9 Å². The Kier molecular flexibility index (Phi) is 8.76. The van der Waals surface area contributed by atoms with Crippen LogP contribution in [0.25, 0.3) is 21.6 Å². The van der Waals surface area contributed by atoms with Gasteiger partial charge < -0.3 is 14.3 Å². The van der Waals surface area contributed by atoms with Crippen molar-refractivity contribution < 1.29 is 23.9 Å². The average molecular weight is 643 g/mol. The maximum atomic E-state index is 14.2. The van der Waals surface area contributed by atoms with E-state index >= 15 is 0 Å². The Morgan fingerprint density at radius 2 is 1.87 bits per heavy atom. The number of carbonyl (C=O) groups excluding carboxylic acids is 3. The number of methoxy groups -OCH3 is 1. The van der Waals surface area contributed by atoms with E-state index in [1.165, 1.54) is 5.01 Å². The van der Waals surface area contributed by atoms with Crippen molar-refractivity contribution in [1.29, 1.82) is 0 Å². The Bertz CT molecular complexity index is 1700. The molecular formula is C36H42N4O5S. The molecule has 0 unspecified atom stereocenters. The molecule has 2 aliphatic carbocycles. The van der Waals surface area contributed by atoms with Crippen LogP contribution in [0.4, 0.5) is 0 Å². The lowest BCUT2D eigenvalue weighted by Gasteiger charge is -2.46. The molecule has 0 N–H and O–H groups in total. The molecule has 9 nitrogen and oxygen atoms in total. The number of amides is 2. The minimum absolute atomic E-state index is 0.116. The van der Waals surface area contributed by atoms with Gasteiger partial charge in [-0.2, -0.15) is 0 Å². The van der Waals surface area contributed by atoms with E-state index in [2.05, 4.69) is 32.4 Å². The first-order chi connectivity index (χ1) is 22.2. The van der Waals surface area contributed by atoms with Gasteiger partial charge in [0.25, 0.3) is 0 Å². The molecule has 3 heterocycles. The summed E-state index contributed by atoms with van der Waals surface area (Å²) in [7, 11) is 1.64. The summed E-state index contributed by atoms with van der Waals surface area (Å²) in [6, 6.07) is 5.76. The lowest BCUT2D eigenvalue weighted by molar-refractivity contribution is -0.189. The maximum absolute atomic E-state index is 14.2. The van der Waals surface area contributed by atoms with E-state index in [4.69, 9.17) is 19.4 Å². The molecule has 0 bridgehead atoms. The number of aryl methyl sites for hydroxylation is 1. The third kappa shape index (κ3) is 5.40. The number of ether oxygens (including phenoxy) is 2. The molecule has 1 aliphatic heterocycles. The molecule has 242 valence electrons. The van der Waals surface area contributed by atoms with Crippen molar-refractivity contribution in [1.82, 2.24) is 20.0 Å². The number of allylic oxidation sites excluding steroid dienone is 1. The van der Waals surface area contributed by atoms with Gasteiger partial charge in [-0.25, -0.2) is 15.0 Å². The van der Waals surface area contributed by atoms with Crippen LogP contribution < -0.4 is 9.47 Å². The van der Waals surface area contributed by atoms with E-state index < -0.39 is 17.4 Å². The van der Waals surface area contributed by atoms with Gasteiger partial charge in [-0.1, -0.05) is 26.0 Å². The zero-order valence-corrected chi connectivity index (χ0v) is 27.8. The zero-order valence-electron chi connectivity index (χ0n) is 27.0. The highest BCUT2D eigenvalue weighted by Gasteiger charge is 2.65. The van der Waals surface area contributed by atoms with Gasteiger partial charge >= 0.3 is 0 Å². The Morgan fingerprint density at radius 3 is 2.50 bits per heavy atom. The Balaban J connectivity index is 1.33. The quantitative estimate of drug-likeness (QED) is 0.117. The highest BCUT2D eigenvalue weighted by molar-refractivity contribution is 7.13. The molecule has 2 amide bonds. The fourth-order valence-corrected chi connectivity index (χ4v) is 8.00. The summed E-state index contributed by atoms with van der Waals surface area (Å²) in [5.74, 6) is 0.0981. The predicted molar refractivity (Wildman–Crippen MR) is 179 cm³/mol. The Morgan fingerprint density at radius 1 is 1.11 bits per heavy atom. The van der Waals surface area contributed by atoms with Crippen LogP contribution >= 0.6 is 11.3 Å². The van der Waals surface area contributed by atoms with Crippen molar-refractivity contribution in [3.63, 3.8) is 0 Å². The number of nitrogens with zero attached hydrogens (tertiary/aromatic N) is 4. The number of carbonyl (C=O) groups is 3. The summed E-state index contributed by atoms with van der Waals surface area (Å²) < 4.78 is 12.3. The van der Waals surface area contributed by atoms with Gasteiger partial charge in [-0.15, -0.1) is 24.5 Å². The van der Waals surface area contributed by atoms with Gasteiger partial charge in [0.15, 0.2) is 0 Å². The molecule has 46 heavy (non-hydrogen) atoms. The highest BCUT2D eigenvalue weighted by Crippen LogP contribution is 2.53. The Labute approximate surface area is 274 Å². The van der Waals surface area contributed by atoms with Crippen LogP contribution in [0.15, 0.2) is 48.9 Å². The minimum Gasteiger partial charge on any atom is -0.496 e. The molecule has 3 fully saturated rings. The van der Waals surface area contributed by atoms with Crippen LogP contribution in [-0.4, -0.2) is 63.4 Å². The fourth-order valence-electron chi connectivity index (χ4n) is 7.06. The number of aromatic nitrogens is 2. The van der Waals surface area contributed by atoms with Crippen LogP contribution in [0.1, 0.15) is 69.5 Å². The second kappa shape index (κ2) is 12.6. The number of fused-ring (bicyclic) bond motifs is 2. The van der Waals surface area contributed by atoms with E-state index in [0.29, 0.717) is 43.7 Å². The first-order valence-corrected chi connectivity index (χ1v) is 17.0. The van der Waals surface area contributed by atoms with Crippen molar-refractivity contribution in [3.05, 3.63) is 60.1 Å². The normalized spacial score (nSPS) is 25.6. The third-order valence-electron chi connectivity index (χ3n) is 9.79. The number of thiazole rings is 1. The first-order valence-electron chi connectivity index (χ1n) is 16.1. The molecule has 6 rings (SSSR count). The second-order valence-corrected chi connectivity index (χ2v) is 13.9. The lowest BCUT2D eigenvalue weighted by atomic mass is 9.90. The maximum Gasteiger partial charge on any atom is 0.246 e. The number of pyridine rings is 1. The number of hydrogen-bond donors (Lipinski definition) is 0. The summed E-state index contributed by atoms with van der Waals surface area (Å²) in [6.45, 7) is 14.2.